The van der Waals surface area contributed by atoms with Gasteiger partial charge < -0.3 is 4.74 Å². The fourth-order valence-corrected chi connectivity index (χ4v) is 1.35. The second-order valence-corrected chi connectivity index (χ2v) is 3.41. The number of aromatic amines is 1. The number of aromatic nitrogens is 3. The van der Waals surface area contributed by atoms with E-state index in [2.05, 4.69) is 15.3 Å². The molecule has 0 radical (unpaired) electrons. The summed E-state index contributed by atoms with van der Waals surface area (Å²) in [6, 6.07) is 7.38. The second-order valence-electron chi connectivity index (χ2n) is 3.41. The number of hydrogen-bond donors (Lipinski definition) is 1. The summed E-state index contributed by atoms with van der Waals surface area (Å²) >= 11 is 0. The highest BCUT2D eigenvalue weighted by atomic mass is 16.5. The van der Waals surface area contributed by atoms with Gasteiger partial charge in [-0.3, -0.25) is 0 Å². The Morgan fingerprint density at radius 2 is 2.35 bits per heavy atom. The number of methoxy groups -OCH3 is 1. The van der Waals surface area contributed by atoms with Gasteiger partial charge in [-0.15, -0.1) is 0 Å². The summed E-state index contributed by atoms with van der Waals surface area (Å²) in [5.74, 6) is 1.25. The zero-order chi connectivity index (χ0) is 12.3. The van der Waals surface area contributed by atoms with E-state index in [4.69, 9.17) is 4.74 Å². The average molecular weight is 232 g/mol. The van der Waals surface area contributed by atoms with Crippen molar-refractivity contribution in [2.24, 2.45) is 5.10 Å². The van der Waals surface area contributed by atoms with Crippen molar-refractivity contribution >= 4 is 6.21 Å². The van der Waals surface area contributed by atoms with Gasteiger partial charge in [0.25, 0.3) is 0 Å². The number of rotatable bonds is 3. The van der Waals surface area contributed by atoms with Crippen LogP contribution in [0.2, 0.25) is 0 Å². The van der Waals surface area contributed by atoms with Crippen LogP contribution in [0.3, 0.4) is 0 Å². The minimum atomic E-state index is -0.360. The van der Waals surface area contributed by atoms with E-state index in [-0.39, 0.29) is 5.69 Å². The lowest BCUT2D eigenvalue weighted by molar-refractivity contribution is 0.415. The van der Waals surface area contributed by atoms with Gasteiger partial charge in [0.15, 0.2) is 5.82 Å². The van der Waals surface area contributed by atoms with Crippen LogP contribution in [0.4, 0.5) is 0 Å². The van der Waals surface area contributed by atoms with Gasteiger partial charge in [-0.1, -0.05) is 12.1 Å². The second kappa shape index (κ2) is 4.65. The van der Waals surface area contributed by atoms with Crippen LogP contribution < -0.4 is 10.4 Å². The van der Waals surface area contributed by atoms with E-state index in [1.54, 1.807) is 20.2 Å². The van der Waals surface area contributed by atoms with Gasteiger partial charge in [0.05, 0.1) is 13.3 Å². The Hall–Kier alpha value is -2.37. The van der Waals surface area contributed by atoms with Gasteiger partial charge in [0.1, 0.15) is 5.75 Å². The van der Waals surface area contributed by atoms with Crippen LogP contribution in [-0.2, 0) is 0 Å². The van der Waals surface area contributed by atoms with Gasteiger partial charge in [0, 0.05) is 0 Å². The number of ether oxygens (including phenoxy) is 1. The molecule has 0 bridgehead atoms. The smallest absolute Gasteiger partial charge is 0.364 e. The molecule has 0 atom stereocenters. The monoisotopic (exact) mass is 232 g/mol. The first kappa shape index (κ1) is 11.1. The van der Waals surface area contributed by atoms with Crippen LogP contribution in [-0.4, -0.2) is 28.2 Å². The predicted octanol–water partition coefficient (Wildman–Crippen LogP) is 0.771. The van der Waals surface area contributed by atoms with E-state index < -0.39 is 0 Å². The van der Waals surface area contributed by atoms with Crippen molar-refractivity contribution in [3.63, 3.8) is 0 Å². The molecule has 0 aliphatic heterocycles. The first-order chi connectivity index (χ1) is 8.20. The van der Waals surface area contributed by atoms with E-state index in [0.717, 1.165) is 11.3 Å². The molecule has 0 aliphatic rings. The lowest BCUT2D eigenvalue weighted by Crippen LogP contribution is -2.13. The molecule has 1 aromatic carbocycles. The Morgan fingerprint density at radius 3 is 3.00 bits per heavy atom. The SMILES string of the molecule is COc1cccc(/C=N/n2c(C)n[nH]c2=O)c1. The minimum Gasteiger partial charge on any atom is -0.497 e. The summed E-state index contributed by atoms with van der Waals surface area (Å²) in [4.78, 5) is 11.3. The molecule has 6 nitrogen and oxygen atoms in total. The summed E-state index contributed by atoms with van der Waals surface area (Å²) in [6.07, 6.45) is 1.58. The van der Waals surface area contributed by atoms with E-state index in [1.807, 2.05) is 24.3 Å². The van der Waals surface area contributed by atoms with E-state index in [0.29, 0.717) is 5.82 Å². The van der Waals surface area contributed by atoms with Gasteiger partial charge in [-0.2, -0.15) is 14.9 Å². The first-order valence-electron chi connectivity index (χ1n) is 5.03. The van der Waals surface area contributed by atoms with Crippen LogP contribution in [0, 0.1) is 6.92 Å². The summed E-state index contributed by atoms with van der Waals surface area (Å²) in [6.45, 7) is 1.70. The normalized spacial score (nSPS) is 10.9. The van der Waals surface area contributed by atoms with Gasteiger partial charge >= 0.3 is 5.69 Å². The Labute approximate surface area is 97.6 Å². The zero-order valence-electron chi connectivity index (χ0n) is 9.54. The molecular formula is C11H12N4O2. The van der Waals surface area contributed by atoms with Crippen molar-refractivity contribution in [3.8, 4) is 5.75 Å². The molecule has 17 heavy (non-hydrogen) atoms. The predicted molar refractivity (Wildman–Crippen MR) is 63.6 cm³/mol. The van der Waals surface area contributed by atoms with E-state index in [9.17, 15) is 4.79 Å². The first-order valence-corrected chi connectivity index (χ1v) is 5.03. The van der Waals surface area contributed by atoms with Gasteiger partial charge in [-0.25, -0.2) is 9.89 Å². The minimum absolute atomic E-state index is 0.360. The summed E-state index contributed by atoms with van der Waals surface area (Å²) in [5, 5.41) is 10.1. The van der Waals surface area contributed by atoms with Crippen molar-refractivity contribution in [2.45, 2.75) is 6.92 Å². The molecule has 1 heterocycles. The number of H-pyrrole nitrogens is 1. The highest BCUT2D eigenvalue weighted by Crippen LogP contribution is 2.10. The third-order valence-corrected chi connectivity index (χ3v) is 2.23. The molecule has 0 saturated heterocycles. The molecule has 88 valence electrons. The summed E-state index contributed by atoms with van der Waals surface area (Å²) in [7, 11) is 1.60. The third kappa shape index (κ3) is 2.41. The van der Waals surface area contributed by atoms with Crippen LogP contribution in [0.15, 0.2) is 34.2 Å². The molecule has 0 amide bonds. The highest BCUT2D eigenvalue weighted by molar-refractivity contribution is 5.80. The van der Waals surface area contributed by atoms with Crippen LogP contribution in [0.1, 0.15) is 11.4 Å². The maximum atomic E-state index is 11.3. The lowest BCUT2D eigenvalue weighted by Gasteiger charge is -1.99. The largest absolute Gasteiger partial charge is 0.497 e. The van der Waals surface area contributed by atoms with E-state index >= 15 is 0 Å². The number of nitrogens with zero attached hydrogens (tertiary/aromatic N) is 3. The van der Waals surface area contributed by atoms with E-state index in [1.165, 1.54) is 4.68 Å². The number of aryl methyl sites for hydroxylation is 1. The Balaban J connectivity index is 2.29. The number of benzene rings is 1. The van der Waals surface area contributed by atoms with Crippen LogP contribution in [0.5, 0.6) is 5.75 Å². The average Bonchev–Trinajstić information content (AvgIpc) is 2.67. The van der Waals surface area contributed by atoms with Crippen molar-refractivity contribution in [1.82, 2.24) is 14.9 Å². The van der Waals surface area contributed by atoms with Crippen molar-refractivity contribution in [3.05, 3.63) is 46.1 Å². The van der Waals surface area contributed by atoms with Crippen LogP contribution >= 0.6 is 0 Å². The number of hydrogen-bond acceptors (Lipinski definition) is 4. The fourth-order valence-electron chi connectivity index (χ4n) is 1.35. The maximum Gasteiger partial charge on any atom is 0.364 e. The van der Waals surface area contributed by atoms with Gasteiger partial charge in [-0.05, 0) is 24.6 Å². The molecule has 0 unspecified atom stereocenters. The quantitative estimate of drug-likeness (QED) is 0.794. The van der Waals surface area contributed by atoms with Crippen LogP contribution in [0.25, 0.3) is 0 Å². The van der Waals surface area contributed by atoms with Crippen molar-refractivity contribution < 1.29 is 4.74 Å². The number of nitrogens with one attached hydrogen (secondary N) is 1. The van der Waals surface area contributed by atoms with Crippen molar-refractivity contribution in [1.29, 1.82) is 0 Å². The molecule has 0 spiro atoms. The summed E-state index contributed by atoms with van der Waals surface area (Å²) < 4.78 is 6.28. The molecule has 2 rings (SSSR count). The fraction of sp³-hybridized carbons (Fsp3) is 0.182. The topological polar surface area (TPSA) is 72.3 Å². The summed E-state index contributed by atoms with van der Waals surface area (Å²) in [5.41, 5.74) is 0.485. The molecule has 0 saturated carbocycles. The molecule has 6 heteroatoms. The molecular weight excluding hydrogens is 220 g/mol. The maximum absolute atomic E-state index is 11.3. The Kier molecular flexibility index (Phi) is 3.04. The molecule has 2 aromatic rings. The molecule has 1 aromatic heterocycles. The Bertz CT molecular complexity index is 598. The standard InChI is InChI=1S/C11H12N4O2/c1-8-13-14-11(16)15(8)12-7-9-4-3-5-10(6-9)17-2/h3-7H,1-2H3,(H,14,16)/b12-7+. The van der Waals surface area contributed by atoms with Gasteiger partial charge in [0.2, 0.25) is 0 Å². The Morgan fingerprint density at radius 1 is 1.53 bits per heavy atom. The molecule has 0 fully saturated rings. The van der Waals surface area contributed by atoms with Crippen molar-refractivity contribution in [2.75, 3.05) is 7.11 Å². The highest BCUT2D eigenvalue weighted by Gasteiger charge is 2.00. The molecule has 0 aliphatic carbocycles. The lowest BCUT2D eigenvalue weighted by atomic mass is 10.2. The zero-order valence-corrected chi connectivity index (χ0v) is 9.54. The molecule has 1 N–H and O–H groups in total. The third-order valence-electron chi connectivity index (χ3n) is 2.23.